The molecule has 1 aliphatic rings. The van der Waals surface area contributed by atoms with Gasteiger partial charge in [-0.1, -0.05) is 51.5 Å². The van der Waals surface area contributed by atoms with Gasteiger partial charge >= 0.3 is 0 Å². The van der Waals surface area contributed by atoms with Crippen LogP contribution in [0.1, 0.15) is 38.3 Å². The molecule has 0 saturated carbocycles. The Morgan fingerprint density at radius 2 is 1.79 bits per heavy atom. The van der Waals surface area contributed by atoms with E-state index in [-0.39, 0.29) is 5.54 Å². The summed E-state index contributed by atoms with van der Waals surface area (Å²) in [6, 6.07) is 8.83. The van der Waals surface area contributed by atoms with Crippen LogP contribution < -0.4 is 5.73 Å². The van der Waals surface area contributed by atoms with E-state index in [2.05, 4.69) is 49.9 Å². The number of benzene rings is 1. The molecule has 2 rings (SSSR count). The van der Waals surface area contributed by atoms with Gasteiger partial charge in [-0.05, 0) is 36.4 Å². The van der Waals surface area contributed by atoms with Gasteiger partial charge < -0.3 is 5.73 Å². The summed E-state index contributed by atoms with van der Waals surface area (Å²) in [6.45, 7) is 9.90. The van der Waals surface area contributed by atoms with Crippen LogP contribution in [0.15, 0.2) is 24.3 Å². The molecule has 0 aliphatic heterocycles. The van der Waals surface area contributed by atoms with E-state index in [0.29, 0.717) is 0 Å². The second kappa shape index (κ2) is 6.06. The molecular weight excluding hydrogens is 232 g/mol. The van der Waals surface area contributed by atoms with Crippen LogP contribution in [0.25, 0.3) is 0 Å². The van der Waals surface area contributed by atoms with E-state index >= 15 is 0 Å². The Kier molecular flexibility index (Phi) is 4.64. The quantitative estimate of drug-likeness (QED) is 0.852. The van der Waals surface area contributed by atoms with Crippen molar-refractivity contribution in [1.82, 2.24) is 4.90 Å². The van der Waals surface area contributed by atoms with Crippen LogP contribution in [0.3, 0.4) is 0 Å². The van der Waals surface area contributed by atoms with Crippen LogP contribution in [0.5, 0.6) is 0 Å². The van der Waals surface area contributed by atoms with E-state index in [0.717, 1.165) is 38.4 Å². The highest BCUT2D eigenvalue weighted by molar-refractivity contribution is 5.36. The van der Waals surface area contributed by atoms with E-state index in [1.165, 1.54) is 17.5 Å². The van der Waals surface area contributed by atoms with E-state index in [1.54, 1.807) is 0 Å². The molecule has 0 bridgehead atoms. The highest BCUT2D eigenvalue weighted by Gasteiger charge is 2.40. The van der Waals surface area contributed by atoms with Gasteiger partial charge in [-0.15, -0.1) is 0 Å². The molecule has 0 heterocycles. The lowest BCUT2D eigenvalue weighted by molar-refractivity contribution is 0.0909. The predicted molar refractivity (Wildman–Crippen MR) is 82.3 cm³/mol. The Labute approximate surface area is 118 Å². The third-order valence-corrected chi connectivity index (χ3v) is 4.82. The first-order valence-corrected chi connectivity index (χ1v) is 7.67. The molecule has 1 aliphatic carbocycles. The molecular formula is C17H28N2. The SMILES string of the molecule is CCC(C)CN(CC)C1(CN)Cc2ccccc2C1. The third kappa shape index (κ3) is 2.85. The van der Waals surface area contributed by atoms with Crippen LogP contribution in [-0.4, -0.2) is 30.1 Å². The maximum Gasteiger partial charge on any atom is 0.0412 e. The van der Waals surface area contributed by atoms with Crippen molar-refractivity contribution >= 4 is 0 Å². The molecule has 1 unspecified atom stereocenters. The monoisotopic (exact) mass is 260 g/mol. The first-order valence-electron chi connectivity index (χ1n) is 7.67. The summed E-state index contributed by atoms with van der Waals surface area (Å²) in [6.07, 6.45) is 3.47. The summed E-state index contributed by atoms with van der Waals surface area (Å²) >= 11 is 0. The van der Waals surface area contributed by atoms with Gasteiger partial charge in [0.15, 0.2) is 0 Å². The topological polar surface area (TPSA) is 29.3 Å². The molecule has 1 atom stereocenters. The fourth-order valence-electron chi connectivity index (χ4n) is 3.33. The smallest absolute Gasteiger partial charge is 0.0412 e. The van der Waals surface area contributed by atoms with Crippen molar-refractivity contribution in [3.8, 4) is 0 Å². The summed E-state index contributed by atoms with van der Waals surface area (Å²) in [5, 5.41) is 0. The van der Waals surface area contributed by atoms with Gasteiger partial charge in [0.25, 0.3) is 0 Å². The van der Waals surface area contributed by atoms with E-state index in [4.69, 9.17) is 5.73 Å². The molecule has 1 aromatic rings. The zero-order chi connectivity index (χ0) is 13.9. The average Bonchev–Trinajstić information content (AvgIpc) is 2.84. The zero-order valence-electron chi connectivity index (χ0n) is 12.7. The molecule has 2 N–H and O–H groups in total. The number of nitrogens with two attached hydrogens (primary N) is 1. The standard InChI is InChI=1S/C17H28N2/c1-4-14(3)12-19(5-2)17(13-18)10-15-8-6-7-9-16(15)11-17/h6-9,14H,4-5,10-13,18H2,1-3H3. The van der Waals surface area contributed by atoms with Gasteiger partial charge in [-0.25, -0.2) is 0 Å². The number of hydrogen-bond acceptors (Lipinski definition) is 2. The molecule has 2 nitrogen and oxygen atoms in total. The molecule has 0 fully saturated rings. The second-order valence-electron chi connectivity index (χ2n) is 6.10. The van der Waals surface area contributed by atoms with Gasteiger partial charge in [0.05, 0.1) is 0 Å². The third-order valence-electron chi connectivity index (χ3n) is 4.82. The summed E-state index contributed by atoms with van der Waals surface area (Å²) in [5.41, 5.74) is 9.35. The number of likely N-dealkylation sites (N-methyl/N-ethyl adjacent to an activating group) is 1. The van der Waals surface area contributed by atoms with Gasteiger partial charge in [0.1, 0.15) is 0 Å². The van der Waals surface area contributed by atoms with E-state index in [9.17, 15) is 0 Å². The molecule has 19 heavy (non-hydrogen) atoms. The van der Waals surface area contributed by atoms with Crippen molar-refractivity contribution in [1.29, 1.82) is 0 Å². The summed E-state index contributed by atoms with van der Waals surface area (Å²) < 4.78 is 0. The van der Waals surface area contributed by atoms with Crippen LogP contribution in [0.2, 0.25) is 0 Å². The highest BCUT2D eigenvalue weighted by Crippen LogP contribution is 2.34. The lowest BCUT2D eigenvalue weighted by Crippen LogP contribution is -2.55. The van der Waals surface area contributed by atoms with Gasteiger partial charge in [-0.2, -0.15) is 0 Å². The largest absolute Gasteiger partial charge is 0.329 e. The second-order valence-corrected chi connectivity index (χ2v) is 6.10. The molecule has 0 aromatic heterocycles. The number of rotatable bonds is 6. The van der Waals surface area contributed by atoms with Crippen molar-refractivity contribution < 1.29 is 0 Å². The van der Waals surface area contributed by atoms with E-state index < -0.39 is 0 Å². The number of hydrogen-bond donors (Lipinski definition) is 1. The first-order chi connectivity index (χ1) is 9.15. The Hall–Kier alpha value is -0.860. The predicted octanol–water partition coefficient (Wildman–Crippen LogP) is 2.85. The molecule has 0 amide bonds. The van der Waals surface area contributed by atoms with Gasteiger partial charge in [0.2, 0.25) is 0 Å². The lowest BCUT2D eigenvalue weighted by Gasteiger charge is -2.41. The summed E-state index contributed by atoms with van der Waals surface area (Å²) in [7, 11) is 0. The molecule has 1 aromatic carbocycles. The molecule has 2 heteroatoms. The summed E-state index contributed by atoms with van der Waals surface area (Å²) in [5.74, 6) is 0.743. The number of fused-ring (bicyclic) bond motifs is 1. The molecule has 0 saturated heterocycles. The Morgan fingerprint density at radius 3 is 2.21 bits per heavy atom. The van der Waals surface area contributed by atoms with Gasteiger partial charge in [-0.3, -0.25) is 4.90 Å². The first kappa shape index (κ1) is 14.5. The maximum atomic E-state index is 6.20. The molecule has 106 valence electrons. The van der Waals surface area contributed by atoms with Crippen LogP contribution in [0, 0.1) is 5.92 Å². The van der Waals surface area contributed by atoms with Crippen LogP contribution in [-0.2, 0) is 12.8 Å². The number of nitrogens with zero attached hydrogens (tertiary/aromatic N) is 1. The normalized spacial score (nSPS) is 18.6. The van der Waals surface area contributed by atoms with Crippen molar-refractivity contribution in [2.24, 2.45) is 11.7 Å². The van der Waals surface area contributed by atoms with Crippen molar-refractivity contribution in [3.63, 3.8) is 0 Å². The zero-order valence-corrected chi connectivity index (χ0v) is 12.7. The minimum atomic E-state index is 0.155. The van der Waals surface area contributed by atoms with Crippen LogP contribution in [0.4, 0.5) is 0 Å². The molecule has 0 radical (unpaired) electrons. The highest BCUT2D eigenvalue weighted by atomic mass is 15.2. The maximum absolute atomic E-state index is 6.20. The lowest BCUT2D eigenvalue weighted by atomic mass is 9.91. The average molecular weight is 260 g/mol. The van der Waals surface area contributed by atoms with Crippen molar-refractivity contribution in [3.05, 3.63) is 35.4 Å². The molecule has 0 spiro atoms. The van der Waals surface area contributed by atoms with Crippen LogP contribution >= 0.6 is 0 Å². The Morgan fingerprint density at radius 1 is 1.21 bits per heavy atom. The van der Waals surface area contributed by atoms with Crippen molar-refractivity contribution in [2.75, 3.05) is 19.6 Å². The minimum Gasteiger partial charge on any atom is -0.329 e. The fourth-order valence-corrected chi connectivity index (χ4v) is 3.33. The minimum absolute atomic E-state index is 0.155. The Balaban J connectivity index is 2.20. The van der Waals surface area contributed by atoms with E-state index in [1.807, 2.05) is 0 Å². The fraction of sp³-hybridized carbons (Fsp3) is 0.647. The Bertz CT molecular complexity index is 388. The summed E-state index contributed by atoms with van der Waals surface area (Å²) in [4.78, 5) is 2.63. The van der Waals surface area contributed by atoms with Gasteiger partial charge in [0, 0.05) is 18.6 Å². The van der Waals surface area contributed by atoms with Crippen molar-refractivity contribution in [2.45, 2.75) is 45.6 Å².